The van der Waals surface area contributed by atoms with E-state index in [1.807, 2.05) is 50.2 Å². The van der Waals surface area contributed by atoms with E-state index >= 15 is 0 Å². The molecule has 1 aromatic rings. The number of carbonyl (C=O) groups excluding carboxylic acids is 1. The van der Waals surface area contributed by atoms with Crippen molar-refractivity contribution in [3.8, 4) is 0 Å². The summed E-state index contributed by atoms with van der Waals surface area (Å²) in [6.45, 7) is 2.80. The largest absolute Gasteiger partial charge is 0.326 e. The zero-order valence-electron chi connectivity index (χ0n) is 9.58. The standard InChI is InChI=1S/C12H18N2O/c1-10-4-6-11(7-5-10)13-12(15)8-9-14(2)3/h4-7H,8-9H2,1-3H3,(H,13,15). The summed E-state index contributed by atoms with van der Waals surface area (Å²) in [5.74, 6) is 0.0625. The Kier molecular flexibility index (Phi) is 4.31. The highest BCUT2D eigenvalue weighted by atomic mass is 16.1. The molecule has 0 fully saturated rings. The van der Waals surface area contributed by atoms with Gasteiger partial charge in [0.1, 0.15) is 0 Å². The van der Waals surface area contributed by atoms with Crippen molar-refractivity contribution in [1.82, 2.24) is 4.90 Å². The normalized spacial score (nSPS) is 10.4. The van der Waals surface area contributed by atoms with Crippen LogP contribution >= 0.6 is 0 Å². The average Bonchev–Trinajstić information content (AvgIpc) is 2.19. The summed E-state index contributed by atoms with van der Waals surface area (Å²) in [6, 6.07) is 7.81. The summed E-state index contributed by atoms with van der Waals surface area (Å²) >= 11 is 0. The number of carbonyl (C=O) groups is 1. The van der Waals surface area contributed by atoms with Crippen molar-refractivity contribution in [2.75, 3.05) is 26.0 Å². The van der Waals surface area contributed by atoms with Gasteiger partial charge in [0.15, 0.2) is 0 Å². The first-order valence-corrected chi connectivity index (χ1v) is 5.09. The van der Waals surface area contributed by atoms with E-state index in [4.69, 9.17) is 0 Å². The lowest BCUT2D eigenvalue weighted by Crippen LogP contribution is -2.20. The molecule has 1 amide bonds. The Hall–Kier alpha value is -1.35. The lowest BCUT2D eigenvalue weighted by molar-refractivity contribution is -0.116. The van der Waals surface area contributed by atoms with Gasteiger partial charge >= 0.3 is 0 Å². The predicted octanol–water partition coefficient (Wildman–Crippen LogP) is 1.89. The van der Waals surface area contributed by atoms with Crippen LogP contribution in [0, 0.1) is 6.92 Å². The van der Waals surface area contributed by atoms with Gasteiger partial charge < -0.3 is 10.2 Å². The molecular formula is C12H18N2O. The molecule has 0 unspecified atom stereocenters. The van der Waals surface area contributed by atoms with Gasteiger partial charge in [0.2, 0.25) is 5.91 Å². The van der Waals surface area contributed by atoms with Gasteiger partial charge in [0.25, 0.3) is 0 Å². The van der Waals surface area contributed by atoms with E-state index in [1.165, 1.54) is 5.56 Å². The fraction of sp³-hybridized carbons (Fsp3) is 0.417. The number of aryl methyl sites for hydroxylation is 1. The van der Waals surface area contributed by atoms with Gasteiger partial charge in [-0.3, -0.25) is 4.79 Å². The minimum atomic E-state index is 0.0625. The molecule has 1 rings (SSSR count). The number of amides is 1. The molecule has 0 aliphatic carbocycles. The summed E-state index contributed by atoms with van der Waals surface area (Å²) < 4.78 is 0. The Balaban J connectivity index is 2.41. The number of nitrogens with zero attached hydrogens (tertiary/aromatic N) is 1. The molecule has 15 heavy (non-hydrogen) atoms. The first kappa shape index (κ1) is 11.7. The smallest absolute Gasteiger partial charge is 0.225 e. The maximum absolute atomic E-state index is 11.5. The number of anilines is 1. The Morgan fingerprint density at radius 2 is 1.87 bits per heavy atom. The number of nitrogens with one attached hydrogen (secondary N) is 1. The van der Waals surface area contributed by atoms with Crippen LogP contribution < -0.4 is 5.32 Å². The van der Waals surface area contributed by atoms with E-state index < -0.39 is 0 Å². The molecule has 0 bridgehead atoms. The van der Waals surface area contributed by atoms with E-state index in [9.17, 15) is 4.79 Å². The maximum Gasteiger partial charge on any atom is 0.225 e. The van der Waals surface area contributed by atoms with Crippen molar-refractivity contribution < 1.29 is 4.79 Å². The summed E-state index contributed by atoms with van der Waals surface area (Å²) in [7, 11) is 3.91. The van der Waals surface area contributed by atoms with Crippen LogP contribution in [0.15, 0.2) is 24.3 Å². The number of rotatable bonds is 4. The fourth-order valence-electron chi connectivity index (χ4n) is 1.19. The van der Waals surface area contributed by atoms with Crippen molar-refractivity contribution in [3.05, 3.63) is 29.8 Å². The lowest BCUT2D eigenvalue weighted by Gasteiger charge is -2.09. The van der Waals surface area contributed by atoms with Gasteiger partial charge in [-0.15, -0.1) is 0 Å². The summed E-state index contributed by atoms with van der Waals surface area (Å²) in [4.78, 5) is 13.5. The first-order valence-electron chi connectivity index (χ1n) is 5.09. The summed E-state index contributed by atoms with van der Waals surface area (Å²) in [5, 5.41) is 2.86. The first-order chi connectivity index (χ1) is 7.08. The van der Waals surface area contributed by atoms with Gasteiger partial charge in [0.05, 0.1) is 0 Å². The third-order valence-corrected chi connectivity index (χ3v) is 2.12. The second kappa shape index (κ2) is 5.51. The third kappa shape index (κ3) is 4.61. The fourth-order valence-corrected chi connectivity index (χ4v) is 1.19. The molecule has 1 N–H and O–H groups in total. The minimum absolute atomic E-state index is 0.0625. The highest BCUT2D eigenvalue weighted by Crippen LogP contribution is 2.08. The molecule has 1 aromatic carbocycles. The van der Waals surface area contributed by atoms with E-state index in [2.05, 4.69) is 5.32 Å². The summed E-state index contributed by atoms with van der Waals surface area (Å²) in [5.41, 5.74) is 2.06. The van der Waals surface area contributed by atoms with Gasteiger partial charge in [-0.05, 0) is 33.2 Å². The average molecular weight is 206 g/mol. The number of hydrogen-bond acceptors (Lipinski definition) is 2. The molecule has 0 aliphatic heterocycles. The molecule has 0 aromatic heterocycles. The molecule has 0 saturated heterocycles. The molecule has 0 radical (unpaired) electrons. The van der Waals surface area contributed by atoms with Crippen molar-refractivity contribution >= 4 is 11.6 Å². The van der Waals surface area contributed by atoms with Gasteiger partial charge in [-0.2, -0.15) is 0 Å². The second-order valence-corrected chi connectivity index (χ2v) is 3.97. The zero-order chi connectivity index (χ0) is 11.3. The van der Waals surface area contributed by atoms with Gasteiger partial charge in [-0.1, -0.05) is 17.7 Å². The third-order valence-electron chi connectivity index (χ3n) is 2.12. The molecule has 0 heterocycles. The predicted molar refractivity (Wildman–Crippen MR) is 63.0 cm³/mol. The van der Waals surface area contributed by atoms with Crippen LogP contribution in [0.2, 0.25) is 0 Å². The molecule has 0 atom stereocenters. The van der Waals surface area contributed by atoms with E-state index in [0.29, 0.717) is 6.42 Å². The Labute approximate surface area is 91.1 Å². The van der Waals surface area contributed by atoms with Gasteiger partial charge in [0, 0.05) is 18.7 Å². The van der Waals surface area contributed by atoms with Crippen LogP contribution in [0.3, 0.4) is 0 Å². The molecule has 3 nitrogen and oxygen atoms in total. The van der Waals surface area contributed by atoms with Crippen LogP contribution in [0.25, 0.3) is 0 Å². The summed E-state index contributed by atoms with van der Waals surface area (Å²) in [6.07, 6.45) is 0.529. The molecule has 82 valence electrons. The zero-order valence-corrected chi connectivity index (χ0v) is 9.58. The SMILES string of the molecule is Cc1ccc(NC(=O)CCN(C)C)cc1. The van der Waals surface area contributed by atoms with Crippen LogP contribution in [0.4, 0.5) is 5.69 Å². The van der Waals surface area contributed by atoms with Gasteiger partial charge in [-0.25, -0.2) is 0 Å². The minimum Gasteiger partial charge on any atom is -0.326 e. The van der Waals surface area contributed by atoms with E-state index in [0.717, 1.165) is 12.2 Å². The topological polar surface area (TPSA) is 32.3 Å². The Morgan fingerprint density at radius 3 is 2.40 bits per heavy atom. The van der Waals surface area contributed by atoms with Crippen LogP contribution in [-0.2, 0) is 4.79 Å². The molecule has 0 aliphatic rings. The highest BCUT2D eigenvalue weighted by molar-refractivity contribution is 5.90. The number of benzene rings is 1. The van der Waals surface area contributed by atoms with Crippen molar-refractivity contribution in [3.63, 3.8) is 0 Å². The second-order valence-electron chi connectivity index (χ2n) is 3.97. The monoisotopic (exact) mass is 206 g/mol. The van der Waals surface area contributed by atoms with Crippen molar-refractivity contribution in [1.29, 1.82) is 0 Å². The molecule has 3 heteroatoms. The Bertz CT molecular complexity index is 317. The van der Waals surface area contributed by atoms with Crippen molar-refractivity contribution in [2.24, 2.45) is 0 Å². The van der Waals surface area contributed by atoms with E-state index in [-0.39, 0.29) is 5.91 Å². The van der Waals surface area contributed by atoms with Crippen LogP contribution in [0.5, 0.6) is 0 Å². The van der Waals surface area contributed by atoms with Crippen LogP contribution in [-0.4, -0.2) is 31.4 Å². The molecule has 0 spiro atoms. The van der Waals surface area contributed by atoms with Crippen molar-refractivity contribution in [2.45, 2.75) is 13.3 Å². The molecule has 0 saturated carbocycles. The quantitative estimate of drug-likeness (QED) is 0.816. The Morgan fingerprint density at radius 1 is 1.27 bits per heavy atom. The lowest BCUT2D eigenvalue weighted by atomic mass is 10.2. The molecular weight excluding hydrogens is 188 g/mol. The van der Waals surface area contributed by atoms with E-state index in [1.54, 1.807) is 0 Å². The highest BCUT2D eigenvalue weighted by Gasteiger charge is 2.02. The number of hydrogen-bond donors (Lipinski definition) is 1. The van der Waals surface area contributed by atoms with Crippen LogP contribution in [0.1, 0.15) is 12.0 Å². The maximum atomic E-state index is 11.5.